The quantitative estimate of drug-likeness (QED) is 0.628. The van der Waals surface area contributed by atoms with Crippen LogP contribution in [0.4, 0.5) is 5.69 Å². The lowest BCUT2D eigenvalue weighted by Gasteiger charge is -2.01. The Morgan fingerprint density at radius 3 is 2.79 bits per heavy atom. The molecule has 1 fully saturated rings. The maximum Gasteiger partial charge on any atom is 0.287 e. The largest absolute Gasteiger partial charge is 0.309 e. The summed E-state index contributed by atoms with van der Waals surface area (Å²) in [6.45, 7) is 0. The molecule has 8 heteroatoms. The molecule has 0 radical (unpaired) electrons. The monoisotopic (exact) mass is 277 g/mol. The van der Waals surface area contributed by atoms with Crippen LogP contribution in [-0.4, -0.2) is 24.7 Å². The van der Waals surface area contributed by atoms with Crippen LogP contribution in [0.15, 0.2) is 28.5 Å². The summed E-state index contributed by atoms with van der Waals surface area (Å²) in [7, 11) is 1.93. The van der Waals surface area contributed by atoms with E-state index >= 15 is 0 Å². The smallest absolute Gasteiger partial charge is 0.287 e. The number of nitro groups is 1. The fourth-order valence-corrected chi connectivity index (χ4v) is 2.49. The lowest BCUT2D eigenvalue weighted by Crippen LogP contribution is -1.97. The normalized spacial score (nSPS) is 14.6. The van der Waals surface area contributed by atoms with Crippen molar-refractivity contribution in [2.45, 2.75) is 28.9 Å². The summed E-state index contributed by atoms with van der Waals surface area (Å²) < 4.78 is 1.96. The number of hydrogen-bond acceptors (Lipinski definition) is 6. The highest BCUT2D eigenvalue weighted by Gasteiger charge is 2.29. The average Bonchev–Trinajstić information content (AvgIpc) is 3.17. The molecule has 0 atom stereocenters. The van der Waals surface area contributed by atoms with E-state index in [-0.39, 0.29) is 5.69 Å². The standard InChI is InChI=1S/C11H11N5O2S/c1-15-10(7-2-3-7)13-14-11(15)19-9-5-4-8(6-12-9)16(17)18/h4-7H,2-3H2,1H3. The Morgan fingerprint density at radius 1 is 1.42 bits per heavy atom. The second-order valence-corrected chi connectivity index (χ2v) is 5.38. The molecule has 2 aromatic heterocycles. The van der Waals surface area contributed by atoms with Crippen LogP contribution in [0, 0.1) is 10.1 Å². The Hall–Kier alpha value is -1.96. The number of nitrogens with zero attached hydrogens (tertiary/aromatic N) is 5. The van der Waals surface area contributed by atoms with E-state index in [0.717, 1.165) is 11.0 Å². The molecule has 0 aromatic carbocycles. The van der Waals surface area contributed by atoms with Crippen LogP contribution >= 0.6 is 11.8 Å². The Morgan fingerprint density at radius 2 is 2.21 bits per heavy atom. The molecule has 3 rings (SSSR count). The molecule has 98 valence electrons. The van der Waals surface area contributed by atoms with E-state index in [1.807, 2.05) is 11.6 Å². The maximum absolute atomic E-state index is 10.5. The van der Waals surface area contributed by atoms with Gasteiger partial charge >= 0.3 is 0 Å². The summed E-state index contributed by atoms with van der Waals surface area (Å²) in [6, 6.07) is 3.06. The van der Waals surface area contributed by atoms with Gasteiger partial charge < -0.3 is 4.57 Å². The van der Waals surface area contributed by atoms with E-state index in [1.54, 1.807) is 6.07 Å². The lowest BCUT2D eigenvalue weighted by atomic mass is 10.4. The first kappa shape index (κ1) is 12.1. The topological polar surface area (TPSA) is 86.7 Å². The number of rotatable bonds is 4. The third-order valence-electron chi connectivity index (χ3n) is 2.94. The van der Waals surface area contributed by atoms with E-state index in [2.05, 4.69) is 15.2 Å². The van der Waals surface area contributed by atoms with E-state index in [0.29, 0.717) is 10.9 Å². The molecule has 1 saturated carbocycles. The highest BCUT2D eigenvalue weighted by atomic mass is 32.2. The van der Waals surface area contributed by atoms with Crippen LogP contribution < -0.4 is 0 Å². The van der Waals surface area contributed by atoms with Gasteiger partial charge in [-0.15, -0.1) is 10.2 Å². The van der Waals surface area contributed by atoms with Gasteiger partial charge in [-0.25, -0.2) is 4.98 Å². The molecule has 2 aromatic rings. The van der Waals surface area contributed by atoms with E-state index in [9.17, 15) is 10.1 Å². The van der Waals surface area contributed by atoms with Crippen molar-refractivity contribution in [3.8, 4) is 0 Å². The van der Waals surface area contributed by atoms with Gasteiger partial charge in [-0.1, -0.05) is 0 Å². The molecule has 0 spiro atoms. The van der Waals surface area contributed by atoms with Crippen molar-refractivity contribution in [3.05, 3.63) is 34.3 Å². The molecule has 0 unspecified atom stereocenters. The Balaban J connectivity index is 1.79. The zero-order valence-corrected chi connectivity index (χ0v) is 11.0. The third kappa shape index (κ3) is 2.43. The van der Waals surface area contributed by atoms with Crippen molar-refractivity contribution >= 4 is 17.4 Å². The van der Waals surface area contributed by atoms with Crippen LogP contribution in [0.5, 0.6) is 0 Å². The first-order chi connectivity index (χ1) is 9.15. The minimum atomic E-state index is -0.463. The van der Waals surface area contributed by atoms with Gasteiger partial charge in [0.2, 0.25) is 0 Å². The minimum absolute atomic E-state index is 0.0130. The molecule has 1 aliphatic rings. The Labute approximate surface area is 113 Å². The summed E-state index contributed by atoms with van der Waals surface area (Å²) in [6.07, 6.45) is 3.60. The SMILES string of the molecule is Cn1c(Sc2ccc([N+](=O)[O-])cn2)nnc1C1CC1. The molecule has 0 bridgehead atoms. The number of aromatic nitrogens is 4. The van der Waals surface area contributed by atoms with Crippen LogP contribution in [0.2, 0.25) is 0 Å². The summed E-state index contributed by atoms with van der Waals surface area (Å²) in [5, 5.41) is 20.3. The molecule has 2 heterocycles. The van der Waals surface area contributed by atoms with Crippen LogP contribution in [-0.2, 0) is 7.05 Å². The number of pyridine rings is 1. The Kier molecular flexibility index (Phi) is 2.94. The zero-order chi connectivity index (χ0) is 13.4. The van der Waals surface area contributed by atoms with Gasteiger partial charge in [0.1, 0.15) is 17.0 Å². The highest BCUT2D eigenvalue weighted by Crippen LogP contribution is 2.40. The minimum Gasteiger partial charge on any atom is -0.309 e. The van der Waals surface area contributed by atoms with E-state index < -0.39 is 4.92 Å². The first-order valence-electron chi connectivity index (χ1n) is 5.82. The first-order valence-corrected chi connectivity index (χ1v) is 6.64. The van der Waals surface area contributed by atoms with Gasteiger partial charge in [0.05, 0.1) is 4.92 Å². The lowest BCUT2D eigenvalue weighted by molar-refractivity contribution is -0.385. The molecule has 19 heavy (non-hydrogen) atoms. The predicted molar refractivity (Wildman–Crippen MR) is 68.0 cm³/mol. The van der Waals surface area contributed by atoms with Gasteiger partial charge in [0.15, 0.2) is 5.16 Å². The molecule has 0 saturated heterocycles. The third-order valence-corrected chi connectivity index (χ3v) is 3.93. The Bertz CT molecular complexity index is 621. The summed E-state index contributed by atoms with van der Waals surface area (Å²) >= 11 is 1.36. The summed E-state index contributed by atoms with van der Waals surface area (Å²) in [5.41, 5.74) is -0.0130. The van der Waals surface area contributed by atoms with Gasteiger partial charge in [-0.05, 0) is 30.7 Å². The summed E-state index contributed by atoms with van der Waals surface area (Å²) in [5.74, 6) is 1.54. The van der Waals surface area contributed by atoms with Crippen molar-refractivity contribution in [1.82, 2.24) is 19.7 Å². The van der Waals surface area contributed by atoms with Gasteiger partial charge in [0, 0.05) is 19.0 Å². The van der Waals surface area contributed by atoms with Gasteiger partial charge in [0.25, 0.3) is 5.69 Å². The predicted octanol–water partition coefficient (Wildman–Crippen LogP) is 2.15. The zero-order valence-electron chi connectivity index (χ0n) is 10.2. The second-order valence-electron chi connectivity index (χ2n) is 4.39. The maximum atomic E-state index is 10.5. The van der Waals surface area contributed by atoms with Gasteiger partial charge in [-0.2, -0.15) is 0 Å². The molecule has 7 nitrogen and oxygen atoms in total. The van der Waals surface area contributed by atoms with Crippen molar-refractivity contribution in [2.75, 3.05) is 0 Å². The molecule has 0 amide bonds. The van der Waals surface area contributed by atoms with Crippen molar-refractivity contribution < 1.29 is 4.92 Å². The van der Waals surface area contributed by atoms with E-state index in [4.69, 9.17) is 0 Å². The van der Waals surface area contributed by atoms with E-state index in [1.165, 1.54) is 36.9 Å². The van der Waals surface area contributed by atoms with Crippen LogP contribution in [0.1, 0.15) is 24.6 Å². The fourth-order valence-electron chi connectivity index (χ4n) is 1.75. The molecular weight excluding hydrogens is 266 g/mol. The molecule has 0 aliphatic heterocycles. The second kappa shape index (κ2) is 4.61. The van der Waals surface area contributed by atoms with Crippen LogP contribution in [0.3, 0.4) is 0 Å². The average molecular weight is 277 g/mol. The molecular formula is C11H11N5O2S. The molecule has 1 aliphatic carbocycles. The highest BCUT2D eigenvalue weighted by molar-refractivity contribution is 7.99. The van der Waals surface area contributed by atoms with Gasteiger partial charge in [-0.3, -0.25) is 10.1 Å². The fraction of sp³-hybridized carbons (Fsp3) is 0.364. The van der Waals surface area contributed by atoms with Crippen molar-refractivity contribution in [2.24, 2.45) is 7.05 Å². The molecule has 0 N–H and O–H groups in total. The van der Waals surface area contributed by atoms with Crippen molar-refractivity contribution in [3.63, 3.8) is 0 Å². The van der Waals surface area contributed by atoms with Crippen molar-refractivity contribution in [1.29, 1.82) is 0 Å². The van der Waals surface area contributed by atoms with Crippen LogP contribution in [0.25, 0.3) is 0 Å². The number of hydrogen-bond donors (Lipinski definition) is 0. The summed E-state index contributed by atoms with van der Waals surface area (Å²) in [4.78, 5) is 14.1.